The van der Waals surface area contributed by atoms with E-state index in [1.165, 1.54) is 5.56 Å². The Bertz CT molecular complexity index is 611. The minimum Gasteiger partial charge on any atom is -0.346 e. The largest absolute Gasteiger partial charge is 0.346 e. The van der Waals surface area contributed by atoms with Gasteiger partial charge in [-0.15, -0.1) is 0 Å². The molecule has 4 heteroatoms. The van der Waals surface area contributed by atoms with Crippen LogP contribution in [0.25, 0.3) is 0 Å². The minimum absolute atomic E-state index is 0.144. The van der Waals surface area contributed by atoms with Gasteiger partial charge in [-0.25, -0.2) is 4.98 Å². The van der Waals surface area contributed by atoms with Gasteiger partial charge < -0.3 is 5.32 Å². The minimum atomic E-state index is -0.281. The highest BCUT2D eigenvalue weighted by Crippen LogP contribution is 2.15. The van der Waals surface area contributed by atoms with Crippen LogP contribution in [-0.2, 0) is 6.42 Å². The molecule has 0 saturated heterocycles. The second-order valence-corrected chi connectivity index (χ2v) is 6.48. The van der Waals surface area contributed by atoms with Crippen LogP contribution in [0.4, 0.5) is 0 Å². The number of aryl methyl sites for hydroxylation is 1. The van der Waals surface area contributed by atoms with Crippen LogP contribution in [0.3, 0.4) is 0 Å². The Kier molecular flexibility index (Phi) is 5.12. The van der Waals surface area contributed by atoms with Gasteiger partial charge in [0.05, 0.1) is 0 Å². The normalized spacial score (nSPS) is 11.2. The third-order valence-electron chi connectivity index (χ3n) is 3.28. The van der Waals surface area contributed by atoms with Crippen molar-refractivity contribution in [2.75, 3.05) is 0 Å². The lowest BCUT2D eigenvalue weighted by Crippen LogP contribution is -2.44. The predicted octanol–water partition coefficient (Wildman–Crippen LogP) is 3.99. The zero-order valence-electron chi connectivity index (χ0n) is 12.3. The van der Waals surface area contributed by atoms with Crippen LogP contribution in [0.1, 0.15) is 36.3 Å². The molecule has 2 rings (SSSR count). The number of aromatic nitrogens is 1. The second kappa shape index (κ2) is 6.85. The average molecular weight is 347 g/mol. The summed E-state index contributed by atoms with van der Waals surface area (Å²) >= 11 is 3.28. The van der Waals surface area contributed by atoms with E-state index in [-0.39, 0.29) is 11.4 Å². The van der Waals surface area contributed by atoms with E-state index in [0.717, 1.165) is 12.8 Å². The van der Waals surface area contributed by atoms with Crippen molar-refractivity contribution < 1.29 is 4.79 Å². The molecule has 3 nitrogen and oxygen atoms in total. The molecule has 2 aromatic rings. The molecule has 1 aromatic carbocycles. The lowest BCUT2D eigenvalue weighted by molar-refractivity contribution is 0.0904. The highest BCUT2D eigenvalue weighted by Gasteiger charge is 2.21. The average Bonchev–Trinajstić information content (AvgIpc) is 2.46. The Morgan fingerprint density at radius 1 is 1.14 bits per heavy atom. The molecular weight excluding hydrogens is 328 g/mol. The number of rotatable bonds is 5. The quantitative estimate of drug-likeness (QED) is 0.831. The number of nitrogens with one attached hydrogen (secondary N) is 1. The number of benzene rings is 1. The fraction of sp³-hybridized carbons (Fsp3) is 0.294. The van der Waals surface area contributed by atoms with Crippen molar-refractivity contribution in [2.24, 2.45) is 0 Å². The van der Waals surface area contributed by atoms with Crippen LogP contribution in [0, 0.1) is 0 Å². The molecule has 21 heavy (non-hydrogen) atoms. The summed E-state index contributed by atoms with van der Waals surface area (Å²) in [7, 11) is 0. The van der Waals surface area contributed by atoms with Gasteiger partial charge in [0.25, 0.3) is 5.91 Å². The molecule has 110 valence electrons. The van der Waals surface area contributed by atoms with Crippen molar-refractivity contribution in [3.05, 3.63) is 64.4 Å². The molecule has 1 N–H and O–H groups in total. The molecular formula is C17H19BrN2O. The maximum absolute atomic E-state index is 12.2. The molecule has 0 spiro atoms. The van der Waals surface area contributed by atoms with Gasteiger partial charge >= 0.3 is 0 Å². The van der Waals surface area contributed by atoms with Crippen molar-refractivity contribution in [3.8, 4) is 0 Å². The fourth-order valence-corrected chi connectivity index (χ4v) is 2.41. The number of carbonyl (C=O) groups excluding carboxylic acids is 1. The molecule has 0 saturated carbocycles. The van der Waals surface area contributed by atoms with Crippen molar-refractivity contribution in [3.63, 3.8) is 0 Å². The van der Waals surface area contributed by atoms with Gasteiger partial charge in [0.1, 0.15) is 10.3 Å². The van der Waals surface area contributed by atoms with E-state index in [2.05, 4.69) is 38.4 Å². The maximum atomic E-state index is 12.2. The molecule has 0 fully saturated rings. The molecule has 1 amide bonds. The van der Waals surface area contributed by atoms with Crippen LogP contribution in [0.2, 0.25) is 0 Å². The number of amides is 1. The first kappa shape index (κ1) is 15.7. The van der Waals surface area contributed by atoms with Crippen molar-refractivity contribution >= 4 is 21.8 Å². The Labute approximate surface area is 133 Å². The summed E-state index contributed by atoms with van der Waals surface area (Å²) in [5.41, 5.74) is 1.43. The first-order valence-electron chi connectivity index (χ1n) is 6.95. The van der Waals surface area contributed by atoms with Gasteiger partial charge in [-0.2, -0.15) is 0 Å². The molecule has 1 aromatic heterocycles. The standard InChI is InChI=1S/C17H19BrN2O/c1-17(2,12-11-13-7-4-3-5-8-13)20-16(21)14-9-6-10-15(18)19-14/h3-10H,11-12H2,1-2H3,(H,20,21). The smallest absolute Gasteiger partial charge is 0.270 e. The maximum Gasteiger partial charge on any atom is 0.270 e. The van der Waals surface area contributed by atoms with Crippen LogP contribution in [0.15, 0.2) is 53.1 Å². The topological polar surface area (TPSA) is 42.0 Å². The molecule has 0 radical (unpaired) electrons. The van der Waals surface area contributed by atoms with E-state index in [4.69, 9.17) is 0 Å². The molecule has 0 aliphatic heterocycles. The van der Waals surface area contributed by atoms with Gasteiger partial charge in [-0.1, -0.05) is 36.4 Å². The molecule has 0 bridgehead atoms. The number of nitrogens with zero attached hydrogens (tertiary/aromatic N) is 1. The highest BCUT2D eigenvalue weighted by atomic mass is 79.9. The third-order valence-corrected chi connectivity index (χ3v) is 3.72. The van der Waals surface area contributed by atoms with E-state index in [9.17, 15) is 4.79 Å². The van der Waals surface area contributed by atoms with E-state index >= 15 is 0 Å². The Morgan fingerprint density at radius 2 is 1.86 bits per heavy atom. The van der Waals surface area contributed by atoms with E-state index in [1.807, 2.05) is 38.1 Å². The monoisotopic (exact) mass is 346 g/mol. The van der Waals surface area contributed by atoms with Crippen LogP contribution in [-0.4, -0.2) is 16.4 Å². The number of hydrogen-bond acceptors (Lipinski definition) is 2. The number of hydrogen-bond donors (Lipinski definition) is 1. The van der Waals surface area contributed by atoms with Crippen LogP contribution >= 0.6 is 15.9 Å². The highest BCUT2D eigenvalue weighted by molar-refractivity contribution is 9.10. The number of halogens is 1. The van der Waals surface area contributed by atoms with Gasteiger partial charge in [-0.05, 0) is 60.3 Å². The Balaban J connectivity index is 1.95. The van der Waals surface area contributed by atoms with Gasteiger partial charge in [0.15, 0.2) is 0 Å². The van der Waals surface area contributed by atoms with Crippen LogP contribution in [0.5, 0.6) is 0 Å². The zero-order valence-corrected chi connectivity index (χ0v) is 13.9. The van der Waals surface area contributed by atoms with Crippen molar-refractivity contribution in [1.82, 2.24) is 10.3 Å². The lowest BCUT2D eigenvalue weighted by Gasteiger charge is -2.26. The summed E-state index contributed by atoms with van der Waals surface area (Å²) in [4.78, 5) is 16.4. The van der Waals surface area contributed by atoms with E-state index < -0.39 is 0 Å². The molecule has 0 aliphatic rings. The Morgan fingerprint density at radius 3 is 2.52 bits per heavy atom. The summed E-state index contributed by atoms with van der Waals surface area (Å²) in [5, 5.41) is 3.05. The second-order valence-electron chi connectivity index (χ2n) is 5.67. The first-order chi connectivity index (χ1) is 9.96. The van der Waals surface area contributed by atoms with E-state index in [1.54, 1.807) is 12.1 Å². The first-order valence-corrected chi connectivity index (χ1v) is 7.75. The summed E-state index contributed by atoms with van der Waals surface area (Å²) in [5.74, 6) is -0.144. The van der Waals surface area contributed by atoms with Gasteiger partial charge in [0, 0.05) is 5.54 Å². The predicted molar refractivity (Wildman–Crippen MR) is 88.2 cm³/mol. The number of carbonyl (C=O) groups is 1. The number of pyridine rings is 1. The molecule has 0 atom stereocenters. The van der Waals surface area contributed by atoms with Crippen molar-refractivity contribution in [2.45, 2.75) is 32.2 Å². The van der Waals surface area contributed by atoms with Crippen molar-refractivity contribution in [1.29, 1.82) is 0 Å². The summed E-state index contributed by atoms with van der Waals surface area (Å²) in [6.07, 6.45) is 1.80. The zero-order chi connectivity index (χ0) is 15.3. The van der Waals surface area contributed by atoms with Gasteiger partial charge in [-0.3, -0.25) is 4.79 Å². The van der Waals surface area contributed by atoms with E-state index in [0.29, 0.717) is 10.3 Å². The summed E-state index contributed by atoms with van der Waals surface area (Å²) in [6.45, 7) is 4.07. The molecule has 0 unspecified atom stereocenters. The molecule has 1 heterocycles. The van der Waals surface area contributed by atoms with Crippen LogP contribution < -0.4 is 5.32 Å². The lowest BCUT2D eigenvalue weighted by atomic mass is 9.95. The third kappa shape index (κ3) is 4.97. The summed E-state index contributed by atoms with van der Waals surface area (Å²) < 4.78 is 0.664. The SMILES string of the molecule is CC(C)(CCc1ccccc1)NC(=O)c1cccc(Br)n1. The fourth-order valence-electron chi connectivity index (χ4n) is 2.07. The van der Waals surface area contributed by atoms with Gasteiger partial charge in [0.2, 0.25) is 0 Å². The summed E-state index contributed by atoms with van der Waals surface area (Å²) in [6, 6.07) is 15.6. The Hall–Kier alpha value is -1.68. The molecule has 0 aliphatic carbocycles.